The molecule has 3 aliphatic rings. The quantitative estimate of drug-likeness (QED) is 0.466. The van der Waals surface area contributed by atoms with Crippen LogP contribution in [0.4, 0.5) is 5.82 Å². The number of amides is 1. The van der Waals surface area contributed by atoms with Gasteiger partial charge >= 0.3 is 0 Å². The Labute approximate surface area is 251 Å². The van der Waals surface area contributed by atoms with Crippen LogP contribution < -0.4 is 5.32 Å². The van der Waals surface area contributed by atoms with Crippen molar-refractivity contribution in [1.82, 2.24) is 24.1 Å². The second-order valence-electron chi connectivity index (χ2n) is 12.2. The Morgan fingerprint density at radius 2 is 1.76 bits per heavy atom. The van der Waals surface area contributed by atoms with E-state index in [0.29, 0.717) is 48.0 Å². The fourth-order valence-electron chi connectivity index (χ4n) is 7.03. The summed E-state index contributed by atoms with van der Waals surface area (Å²) in [5.74, 6) is 4.22. The highest BCUT2D eigenvalue weighted by Crippen LogP contribution is 2.36. The first-order valence-electron chi connectivity index (χ1n) is 15.3. The fourth-order valence-corrected chi connectivity index (χ4v) is 7.79. The lowest BCUT2D eigenvalue weighted by Gasteiger charge is -2.43. The number of hydrogen-bond donors (Lipinski definition) is 1. The van der Waals surface area contributed by atoms with E-state index in [2.05, 4.69) is 56.4 Å². The molecular weight excluding hydrogens is 548 g/mol. The normalized spacial score (nSPS) is 23.0. The van der Waals surface area contributed by atoms with Crippen LogP contribution in [0.3, 0.4) is 0 Å². The largest absolute Gasteiger partial charge is 0.369 e. The van der Waals surface area contributed by atoms with Gasteiger partial charge < -0.3 is 15.1 Å². The first kappa shape index (κ1) is 30.5. The zero-order chi connectivity index (χ0) is 29.7. The maximum Gasteiger partial charge on any atom is 0.273 e. The van der Waals surface area contributed by atoms with Crippen molar-refractivity contribution < 1.29 is 13.2 Å². The Bertz CT molecular complexity index is 1360. The molecule has 1 aliphatic carbocycles. The second-order valence-corrected chi connectivity index (χ2v) is 14.2. The van der Waals surface area contributed by atoms with Gasteiger partial charge in [-0.25, -0.2) is 22.7 Å². The second kappa shape index (κ2) is 13.5. The number of hydrogen-bond acceptors (Lipinski definition) is 7. The molecule has 1 amide bonds. The molecule has 1 N–H and O–H groups in total. The molecule has 42 heavy (non-hydrogen) atoms. The summed E-state index contributed by atoms with van der Waals surface area (Å²) in [6.45, 7) is 3.81. The van der Waals surface area contributed by atoms with Gasteiger partial charge in [-0.3, -0.25) is 4.79 Å². The highest BCUT2D eigenvalue weighted by atomic mass is 32.2. The van der Waals surface area contributed by atoms with Crippen molar-refractivity contribution in [3.63, 3.8) is 0 Å². The fraction of sp³-hybridized carbons (Fsp3) is 0.594. The topological polar surface area (TPSA) is 98.7 Å². The van der Waals surface area contributed by atoms with E-state index in [-0.39, 0.29) is 11.9 Å². The molecule has 10 heteroatoms. The molecular formula is C32H44N6O3S. The molecule has 226 valence electrons. The molecule has 0 unspecified atom stereocenters. The Morgan fingerprint density at radius 3 is 2.43 bits per heavy atom. The van der Waals surface area contributed by atoms with Gasteiger partial charge in [0, 0.05) is 38.8 Å². The Balaban J connectivity index is 1.14. The van der Waals surface area contributed by atoms with E-state index in [1.54, 1.807) is 7.05 Å². The molecule has 5 rings (SSSR count). The van der Waals surface area contributed by atoms with Gasteiger partial charge in [0.05, 0.1) is 11.8 Å². The van der Waals surface area contributed by atoms with Gasteiger partial charge in [-0.2, -0.15) is 0 Å². The number of benzene rings is 1. The van der Waals surface area contributed by atoms with Gasteiger partial charge in [0.2, 0.25) is 10.0 Å². The van der Waals surface area contributed by atoms with Crippen molar-refractivity contribution in [2.24, 2.45) is 5.92 Å². The first-order valence-corrected chi connectivity index (χ1v) is 17.2. The van der Waals surface area contributed by atoms with Crippen molar-refractivity contribution in [3.05, 3.63) is 53.5 Å². The third-order valence-corrected chi connectivity index (χ3v) is 11.0. The van der Waals surface area contributed by atoms with Gasteiger partial charge in [-0.15, -0.1) is 6.42 Å². The summed E-state index contributed by atoms with van der Waals surface area (Å²) in [7, 11) is -1.50. The zero-order valence-corrected chi connectivity index (χ0v) is 25.7. The van der Waals surface area contributed by atoms with E-state index >= 15 is 0 Å². The van der Waals surface area contributed by atoms with Crippen LogP contribution in [0, 0.1) is 18.3 Å². The number of aromatic nitrogens is 2. The minimum absolute atomic E-state index is 0.0593. The molecule has 2 aromatic rings. The molecule has 0 bridgehead atoms. The summed E-state index contributed by atoms with van der Waals surface area (Å²) >= 11 is 0. The van der Waals surface area contributed by atoms with E-state index in [0.717, 1.165) is 51.7 Å². The maximum atomic E-state index is 13.6. The van der Waals surface area contributed by atoms with Gasteiger partial charge in [0.15, 0.2) is 0 Å². The predicted molar refractivity (Wildman–Crippen MR) is 166 cm³/mol. The third kappa shape index (κ3) is 7.13. The number of likely N-dealkylation sites (tertiary alicyclic amines) is 2. The Kier molecular flexibility index (Phi) is 9.81. The number of carbonyl (C=O) groups is 1. The summed E-state index contributed by atoms with van der Waals surface area (Å²) < 4.78 is 25.3. The molecule has 0 spiro atoms. The number of rotatable bonds is 8. The minimum Gasteiger partial charge on any atom is -0.369 e. The highest BCUT2D eigenvalue weighted by Gasteiger charge is 2.33. The molecule has 2 atom stereocenters. The van der Waals surface area contributed by atoms with E-state index in [9.17, 15) is 13.2 Å². The lowest BCUT2D eigenvalue weighted by atomic mass is 9.78. The van der Waals surface area contributed by atoms with Gasteiger partial charge in [0.1, 0.15) is 17.8 Å². The number of carbonyl (C=O) groups excluding carboxylic acids is 1. The molecule has 1 aromatic carbocycles. The maximum absolute atomic E-state index is 13.6. The van der Waals surface area contributed by atoms with Crippen molar-refractivity contribution in [2.75, 3.05) is 51.3 Å². The SMILES string of the molecule is C#Cc1c(NC[C@H]2CCC[C@@H](c3ccccc3)C2)ncnc1C(=O)N1CCC(N2CCC(N(C)S(C)(=O)=O)CC2)CC1. The number of nitrogens with zero attached hydrogens (tertiary/aromatic N) is 5. The number of piperidine rings is 2. The van der Waals surface area contributed by atoms with E-state index in [1.807, 2.05) is 4.90 Å². The summed E-state index contributed by atoms with van der Waals surface area (Å²) in [5.41, 5.74) is 2.15. The number of sulfonamides is 1. The average molecular weight is 593 g/mol. The smallest absolute Gasteiger partial charge is 0.273 e. The molecule has 1 aromatic heterocycles. The van der Waals surface area contributed by atoms with Gasteiger partial charge in [-0.05, 0) is 75.4 Å². The number of terminal acetylenes is 1. The average Bonchev–Trinajstić information content (AvgIpc) is 3.03. The standard InChI is InChI=1S/C32H44N6O3S/c1-4-29-30(34-23-35-31(29)33-22-24-9-8-12-26(21-24)25-10-6-5-7-11-25)32(39)38-19-15-28(16-20-38)37-17-13-27(14-18-37)36(2)42(3,40)41/h1,5-7,10-11,23-24,26-28H,8-9,12-22H2,2-3H3,(H,33,34,35)/t24-,26+/m0/s1. The zero-order valence-electron chi connectivity index (χ0n) is 24.9. The van der Waals surface area contributed by atoms with Crippen LogP contribution in [0.1, 0.15) is 78.9 Å². The van der Waals surface area contributed by atoms with Crippen molar-refractivity contribution in [1.29, 1.82) is 0 Å². The Hall–Kier alpha value is -3.00. The first-order chi connectivity index (χ1) is 20.2. The lowest BCUT2D eigenvalue weighted by molar-refractivity contribution is 0.0543. The number of nitrogens with one attached hydrogen (secondary N) is 1. The monoisotopic (exact) mass is 592 g/mol. The van der Waals surface area contributed by atoms with E-state index in [4.69, 9.17) is 6.42 Å². The van der Waals surface area contributed by atoms with Crippen LogP contribution in [0.15, 0.2) is 36.7 Å². The molecule has 3 fully saturated rings. The van der Waals surface area contributed by atoms with Gasteiger partial charge in [0.25, 0.3) is 5.91 Å². The van der Waals surface area contributed by atoms with E-state index in [1.165, 1.54) is 41.7 Å². The number of anilines is 1. The molecule has 2 saturated heterocycles. The van der Waals surface area contributed by atoms with Gasteiger partial charge in [-0.1, -0.05) is 42.7 Å². The third-order valence-electron chi connectivity index (χ3n) is 9.61. The van der Waals surface area contributed by atoms with E-state index < -0.39 is 10.0 Å². The van der Waals surface area contributed by atoms with Crippen LogP contribution in [0.5, 0.6) is 0 Å². The molecule has 1 saturated carbocycles. The van der Waals surface area contributed by atoms with Crippen molar-refractivity contribution in [2.45, 2.75) is 69.4 Å². The van der Waals surface area contributed by atoms with Crippen LogP contribution in [-0.2, 0) is 10.0 Å². The summed E-state index contributed by atoms with van der Waals surface area (Å²) in [6.07, 6.45) is 16.8. The summed E-state index contributed by atoms with van der Waals surface area (Å²) in [6, 6.07) is 11.2. The summed E-state index contributed by atoms with van der Waals surface area (Å²) in [5, 5.41) is 3.46. The highest BCUT2D eigenvalue weighted by molar-refractivity contribution is 7.88. The van der Waals surface area contributed by atoms with Crippen LogP contribution >= 0.6 is 0 Å². The Morgan fingerprint density at radius 1 is 1.05 bits per heavy atom. The summed E-state index contributed by atoms with van der Waals surface area (Å²) in [4.78, 5) is 26.6. The van der Waals surface area contributed by atoms with Crippen LogP contribution in [-0.4, -0.2) is 96.5 Å². The minimum atomic E-state index is -3.18. The van der Waals surface area contributed by atoms with Crippen molar-refractivity contribution in [3.8, 4) is 12.3 Å². The molecule has 0 radical (unpaired) electrons. The van der Waals surface area contributed by atoms with Crippen molar-refractivity contribution >= 4 is 21.7 Å². The predicted octanol–water partition coefficient (Wildman–Crippen LogP) is 3.80. The lowest BCUT2D eigenvalue weighted by Crippen LogP contribution is -2.52. The molecule has 9 nitrogen and oxygen atoms in total. The van der Waals surface area contributed by atoms with Crippen LogP contribution in [0.25, 0.3) is 0 Å². The molecule has 3 heterocycles. The molecule has 2 aliphatic heterocycles. The van der Waals surface area contributed by atoms with Crippen LogP contribution in [0.2, 0.25) is 0 Å².